The van der Waals surface area contributed by atoms with E-state index in [1.807, 2.05) is 0 Å². The molecule has 108 valence electrons. The SMILES string of the molecule is CCOP(=O)(OCC)C(=O)NCCCCCCCl. The van der Waals surface area contributed by atoms with Gasteiger partial charge in [0.25, 0.3) is 0 Å². The summed E-state index contributed by atoms with van der Waals surface area (Å²) < 4.78 is 21.9. The number of carbonyl (C=O) groups is 1. The van der Waals surface area contributed by atoms with Gasteiger partial charge in [0.05, 0.1) is 13.2 Å². The average Bonchev–Trinajstić information content (AvgIpc) is 2.34. The second-order valence-corrected chi connectivity index (χ2v) is 5.96. The zero-order valence-electron chi connectivity index (χ0n) is 11.1. The number of nitrogens with one attached hydrogen (secondary N) is 1. The third kappa shape index (κ3) is 7.37. The van der Waals surface area contributed by atoms with Crippen LogP contribution in [0.5, 0.6) is 0 Å². The topological polar surface area (TPSA) is 64.6 Å². The molecule has 18 heavy (non-hydrogen) atoms. The molecular weight excluding hydrogens is 277 g/mol. The van der Waals surface area contributed by atoms with Gasteiger partial charge >= 0.3 is 13.2 Å². The molecule has 0 radical (unpaired) electrons. The monoisotopic (exact) mass is 299 g/mol. The number of carbonyl (C=O) groups excluding carboxylic acids is 1. The van der Waals surface area contributed by atoms with Crippen molar-refractivity contribution in [1.29, 1.82) is 0 Å². The Hall–Kier alpha value is -0.0900. The molecule has 1 amide bonds. The molecule has 0 aliphatic rings. The maximum atomic E-state index is 12.0. The smallest absolute Gasteiger partial charge is 0.346 e. The van der Waals surface area contributed by atoms with Crippen LogP contribution in [0.15, 0.2) is 0 Å². The zero-order chi connectivity index (χ0) is 13.9. The minimum absolute atomic E-state index is 0.181. The molecule has 0 fully saturated rings. The molecule has 0 bridgehead atoms. The van der Waals surface area contributed by atoms with Crippen LogP contribution in [0.2, 0.25) is 0 Å². The van der Waals surface area contributed by atoms with Crippen molar-refractivity contribution in [2.24, 2.45) is 0 Å². The van der Waals surface area contributed by atoms with E-state index >= 15 is 0 Å². The van der Waals surface area contributed by atoms with Crippen molar-refractivity contribution in [3.8, 4) is 0 Å². The van der Waals surface area contributed by atoms with E-state index < -0.39 is 13.2 Å². The lowest BCUT2D eigenvalue weighted by Gasteiger charge is -2.15. The van der Waals surface area contributed by atoms with Gasteiger partial charge in [0.2, 0.25) is 0 Å². The molecule has 0 heterocycles. The number of alkyl halides is 1. The molecule has 0 spiro atoms. The first kappa shape index (κ1) is 17.9. The zero-order valence-corrected chi connectivity index (χ0v) is 12.8. The van der Waals surface area contributed by atoms with Gasteiger partial charge in [-0.3, -0.25) is 4.79 Å². The van der Waals surface area contributed by atoms with Crippen molar-refractivity contribution in [3.63, 3.8) is 0 Å². The lowest BCUT2D eigenvalue weighted by molar-refractivity contribution is 0.207. The van der Waals surface area contributed by atoms with Crippen molar-refractivity contribution in [2.45, 2.75) is 39.5 Å². The van der Waals surface area contributed by atoms with Crippen molar-refractivity contribution >= 4 is 24.8 Å². The second kappa shape index (κ2) is 10.8. The minimum atomic E-state index is -3.64. The maximum Gasteiger partial charge on any atom is 0.418 e. The summed E-state index contributed by atoms with van der Waals surface area (Å²) in [7, 11) is -3.64. The van der Waals surface area contributed by atoms with Gasteiger partial charge in [0.1, 0.15) is 0 Å². The molecule has 0 aromatic heterocycles. The predicted molar refractivity (Wildman–Crippen MR) is 73.4 cm³/mol. The molecule has 7 heteroatoms. The number of amides is 1. The Bertz CT molecular complexity index is 266. The van der Waals surface area contributed by atoms with Crippen LogP contribution in [0.1, 0.15) is 39.5 Å². The number of hydrogen-bond donors (Lipinski definition) is 1. The van der Waals surface area contributed by atoms with Crippen LogP contribution in [0, 0.1) is 0 Å². The van der Waals surface area contributed by atoms with Gasteiger partial charge in [-0.1, -0.05) is 12.8 Å². The molecule has 0 aromatic rings. The molecule has 0 rings (SSSR count). The number of rotatable bonds is 11. The Kier molecular flexibility index (Phi) is 10.7. The summed E-state index contributed by atoms with van der Waals surface area (Å²) in [5.74, 6) is 0.663. The van der Waals surface area contributed by atoms with Gasteiger partial charge in [-0.25, -0.2) is 4.57 Å². The van der Waals surface area contributed by atoms with E-state index in [0.717, 1.165) is 25.7 Å². The lowest BCUT2D eigenvalue weighted by Crippen LogP contribution is -2.24. The lowest BCUT2D eigenvalue weighted by atomic mass is 10.2. The molecule has 0 saturated carbocycles. The van der Waals surface area contributed by atoms with Crippen LogP contribution in [-0.4, -0.2) is 31.3 Å². The summed E-state index contributed by atoms with van der Waals surface area (Å²) in [5, 5.41) is 2.58. The third-order valence-corrected chi connectivity index (χ3v) is 4.30. The summed E-state index contributed by atoms with van der Waals surface area (Å²) in [6.07, 6.45) is 3.83. The fourth-order valence-corrected chi connectivity index (χ4v) is 2.84. The van der Waals surface area contributed by atoms with E-state index in [9.17, 15) is 9.36 Å². The molecule has 0 saturated heterocycles. The van der Waals surface area contributed by atoms with Gasteiger partial charge in [-0.05, 0) is 26.7 Å². The molecular formula is C11H23ClNO4P. The Balaban J connectivity index is 3.93. The second-order valence-electron chi connectivity index (χ2n) is 3.67. The summed E-state index contributed by atoms with van der Waals surface area (Å²) in [6.45, 7) is 4.18. The number of halogens is 1. The maximum absolute atomic E-state index is 12.0. The van der Waals surface area contributed by atoms with Crippen LogP contribution < -0.4 is 5.32 Å². The van der Waals surface area contributed by atoms with Gasteiger partial charge in [0.15, 0.2) is 0 Å². The third-order valence-electron chi connectivity index (χ3n) is 2.18. The Morgan fingerprint density at radius 1 is 1.11 bits per heavy atom. The number of unbranched alkanes of at least 4 members (excludes halogenated alkanes) is 3. The van der Waals surface area contributed by atoms with E-state index in [1.54, 1.807) is 13.8 Å². The summed E-state index contributed by atoms with van der Waals surface area (Å²) in [6, 6.07) is 0. The van der Waals surface area contributed by atoms with E-state index in [2.05, 4.69) is 5.32 Å². The summed E-state index contributed by atoms with van der Waals surface area (Å²) >= 11 is 5.55. The number of hydrogen-bond acceptors (Lipinski definition) is 4. The highest BCUT2D eigenvalue weighted by atomic mass is 35.5. The first-order valence-corrected chi connectivity index (χ1v) is 8.42. The van der Waals surface area contributed by atoms with Crippen LogP contribution >= 0.6 is 19.2 Å². The molecule has 5 nitrogen and oxygen atoms in total. The highest BCUT2D eigenvalue weighted by molar-refractivity contribution is 7.71. The molecule has 0 aromatic carbocycles. The van der Waals surface area contributed by atoms with Crippen molar-refractivity contribution in [1.82, 2.24) is 5.32 Å². The highest BCUT2D eigenvalue weighted by Crippen LogP contribution is 2.48. The van der Waals surface area contributed by atoms with E-state index in [0.29, 0.717) is 12.4 Å². The molecule has 1 N–H and O–H groups in total. The fraction of sp³-hybridized carbons (Fsp3) is 0.909. The van der Waals surface area contributed by atoms with Crippen LogP contribution in [0.3, 0.4) is 0 Å². The fourth-order valence-electron chi connectivity index (χ4n) is 1.36. The Labute approximate surface area is 114 Å². The molecule has 0 atom stereocenters. The van der Waals surface area contributed by atoms with E-state index in [-0.39, 0.29) is 13.2 Å². The largest absolute Gasteiger partial charge is 0.418 e. The van der Waals surface area contributed by atoms with Crippen molar-refractivity contribution in [3.05, 3.63) is 0 Å². The van der Waals surface area contributed by atoms with Crippen LogP contribution in [0.4, 0.5) is 4.79 Å². The highest BCUT2D eigenvalue weighted by Gasteiger charge is 2.33. The molecule has 0 unspecified atom stereocenters. The summed E-state index contributed by atoms with van der Waals surface area (Å²) in [4.78, 5) is 11.7. The minimum Gasteiger partial charge on any atom is -0.346 e. The van der Waals surface area contributed by atoms with Gasteiger partial charge in [-0.2, -0.15) is 0 Å². The Morgan fingerprint density at radius 2 is 1.67 bits per heavy atom. The quantitative estimate of drug-likeness (QED) is 0.358. The van der Waals surface area contributed by atoms with Crippen molar-refractivity contribution in [2.75, 3.05) is 25.6 Å². The predicted octanol–water partition coefficient (Wildman–Crippen LogP) is 3.76. The van der Waals surface area contributed by atoms with Crippen molar-refractivity contribution < 1.29 is 18.4 Å². The first-order valence-electron chi connectivity index (χ1n) is 6.34. The van der Waals surface area contributed by atoms with Gasteiger partial charge < -0.3 is 14.4 Å². The standard InChI is InChI=1S/C11H23ClNO4P/c1-3-16-18(15,17-4-2)11(14)13-10-8-6-5-7-9-12/h3-10H2,1-2H3,(H,13,14). The molecule has 0 aliphatic heterocycles. The summed E-state index contributed by atoms with van der Waals surface area (Å²) in [5.41, 5.74) is -0.649. The molecule has 0 aliphatic carbocycles. The normalized spacial score (nSPS) is 11.5. The average molecular weight is 300 g/mol. The van der Waals surface area contributed by atoms with Gasteiger partial charge in [-0.15, -0.1) is 11.6 Å². The Morgan fingerprint density at radius 3 is 2.17 bits per heavy atom. The van der Waals surface area contributed by atoms with E-state index in [1.165, 1.54) is 0 Å². The first-order chi connectivity index (χ1) is 8.60. The van der Waals surface area contributed by atoms with Gasteiger partial charge in [0, 0.05) is 12.4 Å². The van der Waals surface area contributed by atoms with E-state index in [4.69, 9.17) is 20.6 Å². The van der Waals surface area contributed by atoms with Crippen LogP contribution in [-0.2, 0) is 13.6 Å². The van der Waals surface area contributed by atoms with Crippen LogP contribution in [0.25, 0.3) is 0 Å².